The van der Waals surface area contributed by atoms with Crippen LogP contribution in [0.15, 0.2) is 279 Å². The van der Waals surface area contributed by atoms with Gasteiger partial charge in [-0.3, -0.25) is 0 Å². The van der Waals surface area contributed by atoms with Crippen LogP contribution >= 0.6 is 0 Å². The summed E-state index contributed by atoms with van der Waals surface area (Å²) in [6.07, 6.45) is 3.68. The lowest BCUT2D eigenvalue weighted by Gasteiger charge is -2.57. The van der Waals surface area contributed by atoms with Gasteiger partial charge < -0.3 is 28.4 Å². The number of nitrogens with zero attached hydrogens (tertiary/aromatic N) is 4. The van der Waals surface area contributed by atoms with Gasteiger partial charge in [-0.2, -0.15) is 0 Å². The SMILES string of the molecule is COc1ccc(-n2c3ccccc3c3cc(C4(c5ccc6c(c5)c5ccccc5n6-c5ccc(OC)cc5)CCCCC4(c4ccccc4N(c4ccc(C)cc4)c4ccc(C)cc4)c4ccccc4N(c4ccc(C)cc4)c4ccc(C)cc4)ccc32)cc1. The molecule has 14 aromatic rings. The number of hydrogen-bond donors (Lipinski definition) is 0. The molecule has 12 aromatic carbocycles. The summed E-state index contributed by atoms with van der Waals surface area (Å²) in [6.45, 7) is 8.72. The molecule has 0 unspecified atom stereocenters. The van der Waals surface area contributed by atoms with Crippen molar-refractivity contribution in [2.45, 2.75) is 64.2 Å². The van der Waals surface area contributed by atoms with E-state index in [2.05, 4.69) is 326 Å². The van der Waals surface area contributed by atoms with Gasteiger partial charge in [0.1, 0.15) is 11.5 Å². The molecule has 0 aliphatic heterocycles. The number of hydrogen-bond acceptors (Lipinski definition) is 4. The van der Waals surface area contributed by atoms with E-state index in [1.54, 1.807) is 14.2 Å². The molecule has 440 valence electrons. The van der Waals surface area contributed by atoms with Gasteiger partial charge >= 0.3 is 0 Å². The topological polar surface area (TPSA) is 34.8 Å². The Bertz CT molecular complexity index is 4550. The minimum atomic E-state index is -0.802. The first-order valence-electron chi connectivity index (χ1n) is 31.6. The second-order valence-corrected chi connectivity index (χ2v) is 24.6. The van der Waals surface area contributed by atoms with E-state index in [0.29, 0.717) is 0 Å². The zero-order chi connectivity index (χ0) is 61.1. The van der Waals surface area contributed by atoms with Gasteiger partial charge in [0.05, 0.1) is 47.7 Å². The van der Waals surface area contributed by atoms with E-state index < -0.39 is 10.8 Å². The molecule has 0 radical (unpaired) electrons. The van der Waals surface area contributed by atoms with Crippen molar-refractivity contribution in [3.8, 4) is 22.9 Å². The Morgan fingerprint density at radius 2 is 0.633 bits per heavy atom. The highest BCUT2D eigenvalue weighted by Crippen LogP contribution is 2.65. The van der Waals surface area contributed by atoms with Crippen molar-refractivity contribution < 1.29 is 9.47 Å². The van der Waals surface area contributed by atoms with Gasteiger partial charge in [0.2, 0.25) is 0 Å². The molecule has 0 bridgehead atoms. The number of fused-ring (bicyclic) bond motifs is 6. The number of rotatable bonds is 14. The molecule has 1 aliphatic rings. The average Bonchev–Trinajstić information content (AvgIpc) is 0.780. The summed E-state index contributed by atoms with van der Waals surface area (Å²) in [7, 11) is 3.47. The van der Waals surface area contributed by atoms with Crippen molar-refractivity contribution in [2.24, 2.45) is 0 Å². The van der Waals surface area contributed by atoms with E-state index in [9.17, 15) is 0 Å². The monoisotopic (exact) mass is 1170 g/mol. The molecule has 1 saturated carbocycles. The van der Waals surface area contributed by atoms with Gasteiger partial charge in [-0.25, -0.2) is 0 Å². The Balaban J connectivity index is 1.12. The molecule has 0 saturated heterocycles. The zero-order valence-corrected chi connectivity index (χ0v) is 52.0. The second-order valence-electron chi connectivity index (χ2n) is 24.6. The van der Waals surface area contributed by atoms with Crippen molar-refractivity contribution >= 4 is 77.7 Å². The van der Waals surface area contributed by atoms with Crippen LogP contribution in [-0.2, 0) is 10.8 Å². The summed E-state index contributed by atoms with van der Waals surface area (Å²) in [4.78, 5) is 5.07. The van der Waals surface area contributed by atoms with Gasteiger partial charge in [-0.15, -0.1) is 0 Å². The summed E-state index contributed by atoms with van der Waals surface area (Å²) in [5.74, 6) is 1.65. The summed E-state index contributed by atoms with van der Waals surface area (Å²) in [5.41, 5.74) is 21.8. The maximum atomic E-state index is 5.72. The summed E-state index contributed by atoms with van der Waals surface area (Å²) in [5, 5.41) is 4.82. The maximum Gasteiger partial charge on any atom is 0.119 e. The fourth-order valence-electron chi connectivity index (χ4n) is 15.2. The first-order valence-corrected chi connectivity index (χ1v) is 31.6. The van der Waals surface area contributed by atoms with Gasteiger partial charge in [0.15, 0.2) is 0 Å². The second kappa shape index (κ2) is 22.9. The molecule has 15 rings (SSSR count). The normalized spacial score (nSPS) is 13.7. The van der Waals surface area contributed by atoms with Crippen LogP contribution in [0.5, 0.6) is 11.5 Å². The Hall–Kier alpha value is -10.6. The van der Waals surface area contributed by atoms with E-state index in [4.69, 9.17) is 9.47 Å². The molecule has 0 spiro atoms. The Morgan fingerprint density at radius 1 is 0.311 bits per heavy atom. The Morgan fingerprint density at radius 3 is 1.00 bits per heavy atom. The van der Waals surface area contributed by atoms with Gasteiger partial charge in [0.25, 0.3) is 0 Å². The molecular weight excluding hydrogens is 1100 g/mol. The van der Waals surface area contributed by atoms with E-state index in [1.807, 2.05) is 0 Å². The standard InChI is InChI=1S/C84H72N4O2/c1-57-25-35-63(36-26-57)85(64-37-27-58(2)28-38-64)81-23-13-9-19-75(81)84(76-20-10-14-24-82(76)86(65-39-29-59(3)30-40-65)66-41-31-60(4)32-42-66)54-16-15-53-83(84,61-33-51-79-73(55-61)71-17-7-11-21-77(71)87(79)67-43-47-69(89-5)48-44-67)62-34-52-80-74(56-62)72-18-8-12-22-78(72)88(80)68-45-49-70(90-6)50-46-68/h7-14,17-52,55-56H,15-16,53-54H2,1-6H3. The third kappa shape index (κ3) is 9.23. The van der Waals surface area contributed by atoms with Crippen LogP contribution < -0.4 is 19.3 Å². The number of benzene rings is 12. The lowest BCUT2D eigenvalue weighted by molar-refractivity contribution is 0.215. The lowest BCUT2D eigenvalue weighted by Crippen LogP contribution is -2.54. The maximum absolute atomic E-state index is 5.72. The highest BCUT2D eigenvalue weighted by Gasteiger charge is 2.59. The number of ether oxygens (including phenoxy) is 2. The van der Waals surface area contributed by atoms with Crippen LogP contribution in [0.25, 0.3) is 55.0 Å². The number of aryl methyl sites for hydroxylation is 4. The quantitative estimate of drug-likeness (QED) is 0.109. The smallest absolute Gasteiger partial charge is 0.119 e. The van der Waals surface area contributed by atoms with E-state index in [0.717, 1.165) is 105 Å². The van der Waals surface area contributed by atoms with Crippen molar-refractivity contribution in [2.75, 3.05) is 24.0 Å². The molecule has 2 aromatic heterocycles. The number of aromatic nitrogens is 2. The van der Waals surface area contributed by atoms with Crippen molar-refractivity contribution in [1.29, 1.82) is 0 Å². The fraction of sp³-hybridized carbons (Fsp3) is 0.143. The zero-order valence-electron chi connectivity index (χ0n) is 52.0. The van der Waals surface area contributed by atoms with Crippen LogP contribution in [0.4, 0.5) is 34.1 Å². The molecule has 0 N–H and O–H groups in total. The first-order chi connectivity index (χ1) is 44.1. The Labute approximate surface area is 528 Å². The minimum absolute atomic E-state index is 0.759. The van der Waals surface area contributed by atoms with E-state index in [1.165, 1.54) is 66.1 Å². The van der Waals surface area contributed by atoms with Crippen LogP contribution in [0.2, 0.25) is 0 Å². The Kier molecular flexibility index (Phi) is 14.2. The molecule has 0 amide bonds. The van der Waals surface area contributed by atoms with Crippen LogP contribution in [0, 0.1) is 27.7 Å². The highest BCUT2D eigenvalue weighted by molar-refractivity contribution is 6.11. The fourth-order valence-corrected chi connectivity index (χ4v) is 15.2. The third-order valence-electron chi connectivity index (χ3n) is 19.5. The van der Waals surface area contributed by atoms with E-state index >= 15 is 0 Å². The molecule has 1 fully saturated rings. The lowest BCUT2D eigenvalue weighted by atomic mass is 9.46. The third-order valence-corrected chi connectivity index (χ3v) is 19.5. The molecule has 6 nitrogen and oxygen atoms in total. The summed E-state index contributed by atoms with van der Waals surface area (Å²) < 4.78 is 16.3. The van der Waals surface area contributed by atoms with Crippen molar-refractivity contribution in [3.63, 3.8) is 0 Å². The number of methoxy groups -OCH3 is 2. The largest absolute Gasteiger partial charge is 0.497 e. The van der Waals surface area contributed by atoms with Crippen LogP contribution in [0.3, 0.4) is 0 Å². The molecule has 0 atom stereocenters. The summed E-state index contributed by atoms with van der Waals surface area (Å²) >= 11 is 0. The number of anilines is 6. The highest BCUT2D eigenvalue weighted by atomic mass is 16.5. The van der Waals surface area contributed by atoms with Crippen molar-refractivity contribution in [1.82, 2.24) is 9.13 Å². The minimum Gasteiger partial charge on any atom is -0.497 e. The average molecular weight is 1170 g/mol. The molecule has 2 heterocycles. The van der Waals surface area contributed by atoms with Crippen LogP contribution in [-0.4, -0.2) is 23.4 Å². The van der Waals surface area contributed by atoms with Gasteiger partial charge in [-0.05, 0) is 208 Å². The van der Waals surface area contributed by atoms with Crippen molar-refractivity contribution in [3.05, 3.63) is 324 Å². The van der Waals surface area contributed by atoms with Gasteiger partial charge in [0, 0.05) is 66.5 Å². The molecular formula is C84H72N4O2. The predicted octanol–water partition coefficient (Wildman–Crippen LogP) is 21.9. The van der Waals surface area contributed by atoms with E-state index in [-0.39, 0.29) is 0 Å². The summed E-state index contributed by atoms with van der Waals surface area (Å²) in [6, 6.07) is 105. The predicted molar refractivity (Wildman–Crippen MR) is 376 cm³/mol. The first kappa shape index (κ1) is 56.0. The molecule has 6 heteroatoms. The van der Waals surface area contributed by atoms with Gasteiger partial charge in [-0.1, -0.05) is 169 Å². The molecule has 90 heavy (non-hydrogen) atoms. The van der Waals surface area contributed by atoms with Crippen LogP contribution in [0.1, 0.15) is 70.2 Å². The molecule has 1 aliphatic carbocycles. The number of para-hydroxylation sites is 4.